The Morgan fingerprint density at radius 2 is 1.77 bits per heavy atom. The Balaban J connectivity index is 0.00000176. The fourth-order valence-electron chi connectivity index (χ4n) is 2.51. The average molecular weight is 324 g/mol. The molecule has 2 amide bonds. The van der Waals surface area contributed by atoms with E-state index < -0.39 is 0 Å². The summed E-state index contributed by atoms with van der Waals surface area (Å²) in [4.78, 5) is 24.0. The number of anilines is 1. The van der Waals surface area contributed by atoms with Crippen molar-refractivity contribution in [3.05, 3.63) is 29.8 Å². The van der Waals surface area contributed by atoms with Gasteiger partial charge in [0.15, 0.2) is 0 Å². The molecule has 1 heterocycles. The van der Waals surface area contributed by atoms with Crippen LogP contribution in [0.4, 0.5) is 5.69 Å². The van der Waals surface area contributed by atoms with Gasteiger partial charge < -0.3 is 16.0 Å². The van der Waals surface area contributed by atoms with Gasteiger partial charge in [-0.1, -0.05) is 6.42 Å². The molecule has 6 heteroatoms. The number of amides is 2. The van der Waals surface area contributed by atoms with Crippen LogP contribution in [0.1, 0.15) is 42.5 Å². The predicted octanol–water partition coefficient (Wildman–Crippen LogP) is 2.08. The standard InChI is InChI=1S/C16H21N3O2.ClH/c20-15(18-13-8-9-13)11-4-6-12(7-5-11)19-16(21)14-3-1-2-10-17-14;/h4-7,13-14,17H,1-3,8-10H2,(H,18,20)(H,19,21);1H. The second kappa shape index (κ2) is 7.61. The van der Waals surface area contributed by atoms with Gasteiger partial charge in [0.25, 0.3) is 5.91 Å². The second-order valence-corrected chi connectivity index (χ2v) is 5.82. The van der Waals surface area contributed by atoms with Crippen LogP contribution in [0.25, 0.3) is 0 Å². The molecule has 3 rings (SSSR count). The number of hydrogen-bond donors (Lipinski definition) is 3. The third kappa shape index (κ3) is 4.45. The molecule has 1 saturated carbocycles. The predicted molar refractivity (Wildman–Crippen MR) is 88.4 cm³/mol. The second-order valence-electron chi connectivity index (χ2n) is 5.82. The fourth-order valence-corrected chi connectivity index (χ4v) is 2.51. The summed E-state index contributed by atoms with van der Waals surface area (Å²) in [6.07, 6.45) is 5.26. The lowest BCUT2D eigenvalue weighted by atomic mass is 10.0. The van der Waals surface area contributed by atoms with Crippen LogP contribution in [0.2, 0.25) is 0 Å². The van der Waals surface area contributed by atoms with Crippen LogP contribution in [0.3, 0.4) is 0 Å². The topological polar surface area (TPSA) is 70.2 Å². The highest BCUT2D eigenvalue weighted by Crippen LogP contribution is 2.20. The van der Waals surface area contributed by atoms with Gasteiger partial charge in [0.1, 0.15) is 0 Å². The normalized spacial score (nSPS) is 20.6. The number of rotatable bonds is 4. The molecular weight excluding hydrogens is 302 g/mol. The van der Waals surface area contributed by atoms with Crippen LogP contribution < -0.4 is 16.0 Å². The maximum absolute atomic E-state index is 12.1. The third-order valence-electron chi connectivity index (χ3n) is 3.95. The molecule has 5 nitrogen and oxygen atoms in total. The van der Waals surface area contributed by atoms with Crippen molar-refractivity contribution in [1.82, 2.24) is 10.6 Å². The summed E-state index contributed by atoms with van der Waals surface area (Å²) >= 11 is 0. The quantitative estimate of drug-likeness (QED) is 0.794. The lowest BCUT2D eigenvalue weighted by Crippen LogP contribution is -2.43. The molecule has 2 fully saturated rings. The average Bonchev–Trinajstić information content (AvgIpc) is 3.33. The smallest absolute Gasteiger partial charge is 0.251 e. The zero-order chi connectivity index (χ0) is 14.7. The van der Waals surface area contributed by atoms with Crippen LogP contribution in [0.15, 0.2) is 24.3 Å². The first-order chi connectivity index (χ1) is 10.2. The minimum atomic E-state index is -0.100. The van der Waals surface area contributed by atoms with E-state index in [1.807, 2.05) is 0 Å². The van der Waals surface area contributed by atoms with E-state index in [9.17, 15) is 9.59 Å². The van der Waals surface area contributed by atoms with Crippen molar-refractivity contribution in [3.8, 4) is 0 Å². The minimum Gasteiger partial charge on any atom is -0.349 e. The lowest BCUT2D eigenvalue weighted by molar-refractivity contribution is -0.118. The van der Waals surface area contributed by atoms with Gasteiger partial charge in [0, 0.05) is 17.3 Å². The van der Waals surface area contributed by atoms with Crippen molar-refractivity contribution in [2.45, 2.75) is 44.2 Å². The maximum Gasteiger partial charge on any atom is 0.251 e. The Hall–Kier alpha value is -1.59. The summed E-state index contributed by atoms with van der Waals surface area (Å²) in [6, 6.07) is 7.32. The molecule has 22 heavy (non-hydrogen) atoms. The van der Waals surface area contributed by atoms with Crippen molar-refractivity contribution in [2.24, 2.45) is 0 Å². The minimum absolute atomic E-state index is 0. The van der Waals surface area contributed by atoms with Crippen molar-refractivity contribution < 1.29 is 9.59 Å². The fraction of sp³-hybridized carbons (Fsp3) is 0.500. The molecule has 120 valence electrons. The molecule has 0 spiro atoms. The number of hydrogen-bond acceptors (Lipinski definition) is 3. The van der Waals surface area contributed by atoms with Crippen molar-refractivity contribution in [2.75, 3.05) is 11.9 Å². The Morgan fingerprint density at radius 1 is 1.05 bits per heavy atom. The molecule has 0 bridgehead atoms. The largest absolute Gasteiger partial charge is 0.349 e. The molecule has 1 unspecified atom stereocenters. The Kier molecular flexibility index (Phi) is 5.80. The maximum atomic E-state index is 12.1. The number of piperidine rings is 1. The molecule has 1 atom stereocenters. The summed E-state index contributed by atoms with van der Waals surface area (Å²) < 4.78 is 0. The highest BCUT2D eigenvalue weighted by molar-refractivity contribution is 5.97. The SMILES string of the molecule is Cl.O=C(NC1CC1)c1ccc(NC(=O)C2CCCCN2)cc1. The van der Waals surface area contributed by atoms with Crippen molar-refractivity contribution in [3.63, 3.8) is 0 Å². The molecular formula is C16H22ClN3O2. The first-order valence-corrected chi connectivity index (χ1v) is 7.67. The van der Waals surface area contributed by atoms with Crippen LogP contribution >= 0.6 is 12.4 Å². The van der Waals surface area contributed by atoms with E-state index in [0.29, 0.717) is 11.6 Å². The Labute approximate surface area is 136 Å². The van der Waals surface area contributed by atoms with E-state index in [4.69, 9.17) is 0 Å². The van der Waals surface area contributed by atoms with Gasteiger partial charge in [-0.25, -0.2) is 0 Å². The number of nitrogens with one attached hydrogen (secondary N) is 3. The van der Waals surface area contributed by atoms with E-state index in [0.717, 1.165) is 44.3 Å². The summed E-state index contributed by atoms with van der Waals surface area (Å²) in [5.41, 5.74) is 1.37. The Morgan fingerprint density at radius 3 is 2.36 bits per heavy atom. The monoisotopic (exact) mass is 323 g/mol. The lowest BCUT2D eigenvalue weighted by Gasteiger charge is -2.22. The van der Waals surface area contributed by atoms with Gasteiger partial charge in [-0.3, -0.25) is 9.59 Å². The van der Waals surface area contributed by atoms with Gasteiger partial charge in [-0.2, -0.15) is 0 Å². The molecule has 1 aliphatic heterocycles. The van der Waals surface area contributed by atoms with Crippen molar-refractivity contribution in [1.29, 1.82) is 0 Å². The van der Waals surface area contributed by atoms with Gasteiger partial charge in [-0.15, -0.1) is 12.4 Å². The van der Waals surface area contributed by atoms with Crippen LogP contribution in [0.5, 0.6) is 0 Å². The number of carbonyl (C=O) groups is 2. The van der Waals surface area contributed by atoms with Gasteiger partial charge in [0.2, 0.25) is 5.91 Å². The van der Waals surface area contributed by atoms with Crippen LogP contribution in [0, 0.1) is 0 Å². The molecule has 2 aliphatic rings. The third-order valence-corrected chi connectivity index (χ3v) is 3.95. The van der Waals surface area contributed by atoms with E-state index in [-0.39, 0.29) is 30.3 Å². The summed E-state index contributed by atoms with van der Waals surface area (Å²) in [7, 11) is 0. The zero-order valence-electron chi connectivity index (χ0n) is 12.4. The van der Waals surface area contributed by atoms with Gasteiger partial charge >= 0.3 is 0 Å². The van der Waals surface area contributed by atoms with Crippen molar-refractivity contribution >= 4 is 29.9 Å². The number of benzene rings is 1. The van der Waals surface area contributed by atoms with E-state index in [1.54, 1.807) is 24.3 Å². The molecule has 0 radical (unpaired) electrons. The summed E-state index contributed by atoms with van der Waals surface area (Å²) in [5.74, 6) is -0.0331. The summed E-state index contributed by atoms with van der Waals surface area (Å²) in [5, 5.41) is 9.06. The first-order valence-electron chi connectivity index (χ1n) is 7.67. The van der Waals surface area contributed by atoms with Crippen LogP contribution in [-0.2, 0) is 4.79 Å². The van der Waals surface area contributed by atoms with E-state index in [1.165, 1.54) is 0 Å². The van der Waals surface area contributed by atoms with Gasteiger partial charge in [0.05, 0.1) is 6.04 Å². The molecule has 1 aromatic carbocycles. The molecule has 3 N–H and O–H groups in total. The highest BCUT2D eigenvalue weighted by atomic mass is 35.5. The molecule has 0 aromatic heterocycles. The first kappa shape index (κ1) is 16.8. The zero-order valence-corrected chi connectivity index (χ0v) is 13.2. The van der Waals surface area contributed by atoms with Gasteiger partial charge in [-0.05, 0) is 56.5 Å². The Bertz CT molecular complexity index is 523. The number of carbonyl (C=O) groups excluding carboxylic acids is 2. The number of halogens is 1. The molecule has 1 aromatic rings. The molecule has 1 saturated heterocycles. The van der Waals surface area contributed by atoms with E-state index >= 15 is 0 Å². The van der Waals surface area contributed by atoms with E-state index in [2.05, 4.69) is 16.0 Å². The van der Waals surface area contributed by atoms with Crippen LogP contribution in [-0.4, -0.2) is 30.4 Å². The highest BCUT2D eigenvalue weighted by Gasteiger charge is 2.24. The summed E-state index contributed by atoms with van der Waals surface area (Å²) in [6.45, 7) is 0.901. The molecule has 1 aliphatic carbocycles.